The van der Waals surface area contributed by atoms with Crippen molar-refractivity contribution in [3.8, 4) is 5.75 Å². The summed E-state index contributed by atoms with van der Waals surface area (Å²) in [5.41, 5.74) is 0.448. The maximum absolute atomic E-state index is 10.9. The van der Waals surface area contributed by atoms with Gasteiger partial charge in [0.2, 0.25) is 0 Å². The van der Waals surface area contributed by atoms with Crippen molar-refractivity contribution in [1.29, 1.82) is 0 Å². The van der Waals surface area contributed by atoms with Crippen molar-refractivity contribution in [3.63, 3.8) is 0 Å². The topological polar surface area (TPSA) is 150 Å². The Balaban J connectivity index is 3.17. The van der Waals surface area contributed by atoms with Gasteiger partial charge in [0.05, 0.1) is 12.3 Å². The minimum Gasteiger partial charge on any atom is -0.505 e. The molecule has 0 aliphatic heterocycles. The van der Waals surface area contributed by atoms with Gasteiger partial charge in [-0.15, -0.1) is 6.58 Å². The summed E-state index contributed by atoms with van der Waals surface area (Å²) in [5.74, 6) is -1.52. The van der Waals surface area contributed by atoms with E-state index in [2.05, 4.69) is 21.1 Å². The van der Waals surface area contributed by atoms with E-state index in [9.17, 15) is 14.5 Å². The summed E-state index contributed by atoms with van der Waals surface area (Å²) >= 11 is 0. The fraction of sp³-hybridized carbons (Fsp3) is 0.250. The Morgan fingerprint density at radius 2 is 2.23 bits per heavy atom. The predicted octanol–water partition coefficient (Wildman–Crippen LogP) is 0.763. The highest BCUT2D eigenvalue weighted by Crippen LogP contribution is 2.37. The molecule has 0 aromatic carbocycles. The zero-order valence-corrected chi connectivity index (χ0v) is 12.5. The third kappa shape index (κ3) is 5.05. The van der Waals surface area contributed by atoms with Crippen LogP contribution in [-0.2, 0) is 20.5 Å². The first-order chi connectivity index (χ1) is 10.2. The third-order valence-corrected chi connectivity index (χ3v) is 3.05. The number of phosphoric acid groups is 1. The Bertz CT molecular complexity index is 653. The number of carbonyl (C=O) groups is 1. The number of hydrogen-bond donors (Lipinski definition) is 4. The number of rotatable bonds is 7. The molecule has 0 bridgehead atoms. The average Bonchev–Trinajstić information content (AvgIpc) is 2.41. The van der Waals surface area contributed by atoms with E-state index >= 15 is 0 Å². The molecule has 0 spiro atoms. The van der Waals surface area contributed by atoms with Crippen LogP contribution in [-0.4, -0.2) is 43.2 Å². The van der Waals surface area contributed by atoms with E-state index < -0.39 is 26.4 Å². The summed E-state index contributed by atoms with van der Waals surface area (Å²) in [6, 6.07) is -1.22. The summed E-state index contributed by atoms with van der Waals surface area (Å²) in [4.78, 5) is 35.8. The largest absolute Gasteiger partial charge is 0.505 e. The molecule has 120 valence electrons. The Morgan fingerprint density at radius 1 is 1.59 bits per heavy atom. The third-order valence-electron chi connectivity index (χ3n) is 2.59. The first-order valence-corrected chi connectivity index (χ1v) is 7.44. The van der Waals surface area contributed by atoms with Gasteiger partial charge in [0.1, 0.15) is 5.75 Å². The maximum atomic E-state index is 10.9. The van der Waals surface area contributed by atoms with E-state index in [1.54, 1.807) is 0 Å². The van der Waals surface area contributed by atoms with Crippen LogP contribution in [0.25, 0.3) is 0 Å². The molecule has 1 atom stereocenters. The monoisotopic (exact) mass is 330 g/mol. The van der Waals surface area contributed by atoms with Crippen molar-refractivity contribution in [1.82, 2.24) is 4.98 Å². The van der Waals surface area contributed by atoms with Gasteiger partial charge in [0, 0.05) is 23.5 Å². The second kappa shape index (κ2) is 7.28. The standard InChI is InChI=1S/C12H15N2O7P/c1-3-10(12(16)17)14-5-9-8(6-21-22(18,19)20)4-13-7(2)11(9)15/h3-5,10,15H,1,6H2,2H3,(H,16,17)(H2,18,19,20). The summed E-state index contributed by atoms with van der Waals surface area (Å²) in [5, 5.41) is 18.8. The van der Waals surface area contributed by atoms with Gasteiger partial charge < -0.3 is 20.0 Å². The number of aliphatic carboxylic acids is 1. The molecule has 1 aromatic rings. The van der Waals surface area contributed by atoms with Crippen LogP contribution < -0.4 is 0 Å². The number of aromatic hydroxyl groups is 1. The van der Waals surface area contributed by atoms with E-state index in [1.165, 1.54) is 13.1 Å². The van der Waals surface area contributed by atoms with Gasteiger partial charge in [-0.05, 0) is 6.92 Å². The van der Waals surface area contributed by atoms with E-state index in [1.807, 2.05) is 0 Å². The number of carboxylic acids is 1. The molecule has 4 N–H and O–H groups in total. The molecule has 1 aromatic heterocycles. The summed E-state index contributed by atoms with van der Waals surface area (Å²) in [6.07, 6.45) is 3.41. The minimum atomic E-state index is -4.70. The highest BCUT2D eigenvalue weighted by molar-refractivity contribution is 7.46. The van der Waals surface area contributed by atoms with E-state index in [-0.39, 0.29) is 22.6 Å². The molecule has 9 nitrogen and oxygen atoms in total. The molecule has 0 amide bonds. The average molecular weight is 330 g/mol. The van der Waals surface area contributed by atoms with Crippen molar-refractivity contribution >= 4 is 20.0 Å². The smallest absolute Gasteiger partial charge is 0.469 e. The van der Waals surface area contributed by atoms with Crippen LogP contribution in [0, 0.1) is 6.92 Å². The molecular formula is C12H15N2O7P. The van der Waals surface area contributed by atoms with E-state index in [0.29, 0.717) is 0 Å². The van der Waals surface area contributed by atoms with Crippen LogP contribution in [0.1, 0.15) is 16.8 Å². The number of phosphoric ester groups is 1. The molecule has 0 fully saturated rings. The van der Waals surface area contributed by atoms with E-state index in [4.69, 9.17) is 14.9 Å². The fourth-order valence-electron chi connectivity index (χ4n) is 1.45. The molecule has 10 heteroatoms. The molecular weight excluding hydrogens is 315 g/mol. The van der Waals surface area contributed by atoms with Gasteiger partial charge in [0.15, 0.2) is 6.04 Å². The Labute approximate surface area is 125 Å². The number of nitrogens with zero attached hydrogens (tertiary/aromatic N) is 2. The lowest BCUT2D eigenvalue weighted by Crippen LogP contribution is -2.15. The number of pyridine rings is 1. The van der Waals surface area contributed by atoms with Gasteiger partial charge in [-0.25, -0.2) is 9.36 Å². The van der Waals surface area contributed by atoms with Gasteiger partial charge >= 0.3 is 13.8 Å². The fourth-order valence-corrected chi connectivity index (χ4v) is 1.75. The molecule has 0 saturated carbocycles. The van der Waals surface area contributed by atoms with Crippen LogP contribution in [0.3, 0.4) is 0 Å². The number of aliphatic imine (C=N–C) groups is 1. The van der Waals surface area contributed by atoms with Gasteiger partial charge in [-0.3, -0.25) is 14.5 Å². The highest BCUT2D eigenvalue weighted by atomic mass is 31.2. The Hall–Kier alpha value is -2.06. The molecule has 1 rings (SSSR count). The van der Waals surface area contributed by atoms with Crippen LogP contribution in [0.4, 0.5) is 0 Å². The van der Waals surface area contributed by atoms with Crippen molar-refractivity contribution in [2.75, 3.05) is 0 Å². The normalized spacial score (nSPS) is 13.2. The Morgan fingerprint density at radius 3 is 2.73 bits per heavy atom. The second-order valence-electron chi connectivity index (χ2n) is 4.19. The summed E-state index contributed by atoms with van der Waals surface area (Å²) < 4.78 is 15.1. The number of aryl methyl sites for hydroxylation is 1. The second-order valence-corrected chi connectivity index (χ2v) is 5.43. The first kappa shape index (κ1) is 18.0. The van der Waals surface area contributed by atoms with Crippen LogP contribution in [0.5, 0.6) is 5.75 Å². The highest BCUT2D eigenvalue weighted by Gasteiger charge is 2.18. The molecule has 22 heavy (non-hydrogen) atoms. The van der Waals surface area contributed by atoms with E-state index in [0.717, 1.165) is 12.3 Å². The van der Waals surface area contributed by atoms with Gasteiger partial charge in [-0.1, -0.05) is 6.08 Å². The molecule has 1 unspecified atom stereocenters. The lowest BCUT2D eigenvalue weighted by molar-refractivity contribution is -0.137. The molecule has 1 heterocycles. The molecule has 0 saturated heterocycles. The number of carboxylic acid groups (broad SMARTS) is 1. The lowest BCUT2D eigenvalue weighted by Gasteiger charge is -2.11. The zero-order chi connectivity index (χ0) is 16.9. The zero-order valence-electron chi connectivity index (χ0n) is 11.6. The van der Waals surface area contributed by atoms with Crippen LogP contribution in [0.2, 0.25) is 0 Å². The lowest BCUT2D eigenvalue weighted by atomic mass is 10.1. The van der Waals surface area contributed by atoms with Crippen molar-refractivity contribution in [2.24, 2.45) is 4.99 Å². The van der Waals surface area contributed by atoms with Gasteiger partial charge in [0.25, 0.3) is 0 Å². The first-order valence-electron chi connectivity index (χ1n) is 5.91. The maximum Gasteiger partial charge on any atom is 0.469 e. The summed E-state index contributed by atoms with van der Waals surface area (Å²) in [7, 11) is -4.70. The Kier molecular flexibility index (Phi) is 5.95. The predicted molar refractivity (Wildman–Crippen MR) is 76.7 cm³/mol. The number of hydrogen-bond acceptors (Lipinski definition) is 6. The van der Waals surface area contributed by atoms with Crippen molar-refractivity contribution in [2.45, 2.75) is 19.6 Å². The van der Waals surface area contributed by atoms with Crippen LogP contribution in [0.15, 0.2) is 23.8 Å². The molecule has 0 aliphatic rings. The molecule has 0 aliphatic carbocycles. The van der Waals surface area contributed by atoms with Crippen LogP contribution >= 0.6 is 7.82 Å². The van der Waals surface area contributed by atoms with Crippen molar-refractivity contribution in [3.05, 3.63) is 35.7 Å². The SMILES string of the molecule is C=CC(N=Cc1c(COP(=O)(O)O)cnc(C)c1O)C(=O)O. The minimum absolute atomic E-state index is 0.0639. The quantitative estimate of drug-likeness (QED) is 0.325. The summed E-state index contributed by atoms with van der Waals surface area (Å²) in [6.45, 7) is 4.30. The molecule has 0 radical (unpaired) electrons. The number of aromatic nitrogens is 1. The van der Waals surface area contributed by atoms with Crippen molar-refractivity contribution < 1.29 is 33.9 Å². The van der Waals surface area contributed by atoms with Gasteiger partial charge in [-0.2, -0.15) is 0 Å².